The average Bonchev–Trinajstić information content (AvgIpc) is 3.39. The van der Waals surface area contributed by atoms with E-state index < -0.39 is 0 Å². The summed E-state index contributed by atoms with van der Waals surface area (Å²) in [6.07, 6.45) is 3.43. The molecule has 0 aliphatic carbocycles. The summed E-state index contributed by atoms with van der Waals surface area (Å²) in [4.78, 5) is 15.1. The molecule has 6 nitrogen and oxygen atoms in total. The van der Waals surface area contributed by atoms with Crippen molar-refractivity contribution >= 4 is 16.7 Å². The zero-order valence-electron chi connectivity index (χ0n) is 16.4. The Morgan fingerprint density at radius 2 is 2.00 bits per heavy atom. The van der Waals surface area contributed by atoms with Crippen LogP contribution >= 0.6 is 0 Å². The van der Waals surface area contributed by atoms with Gasteiger partial charge in [0.1, 0.15) is 5.69 Å². The van der Waals surface area contributed by atoms with Crippen molar-refractivity contribution in [2.24, 2.45) is 0 Å². The van der Waals surface area contributed by atoms with Crippen molar-refractivity contribution in [2.45, 2.75) is 32.9 Å². The van der Waals surface area contributed by atoms with Gasteiger partial charge in [0, 0.05) is 42.5 Å². The molecule has 0 bridgehead atoms. The summed E-state index contributed by atoms with van der Waals surface area (Å²) < 4.78 is 1.80. The van der Waals surface area contributed by atoms with Crippen LogP contribution < -0.4 is 0 Å². The standard InChI is InChI=1S/C23H23N5O/c1-2-13-28-21(10-12-24-28)23(29)27-14-11-20-19(15-27)22(26-25-20)18-9-5-7-16-6-3-4-8-17(16)18/h3-10,12H,2,11,13-15H2,1H3,(H,25,26). The molecule has 146 valence electrons. The summed E-state index contributed by atoms with van der Waals surface area (Å²) in [7, 11) is 0. The number of aryl methyl sites for hydroxylation is 1. The summed E-state index contributed by atoms with van der Waals surface area (Å²) in [6.45, 7) is 4.08. The van der Waals surface area contributed by atoms with Gasteiger partial charge in [-0.2, -0.15) is 10.2 Å². The molecule has 0 fully saturated rings. The zero-order valence-corrected chi connectivity index (χ0v) is 16.4. The van der Waals surface area contributed by atoms with Gasteiger partial charge in [-0.05, 0) is 23.3 Å². The summed E-state index contributed by atoms with van der Waals surface area (Å²) in [5.41, 5.74) is 4.94. The molecule has 1 N–H and O–H groups in total. The fraction of sp³-hybridized carbons (Fsp3) is 0.261. The molecular weight excluding hydrogens is 362 g/mol. The molecule has 2 aromatic heterocycles. The van der Waals surface area contributed by atoms with Crippen molar-refractivity contribution in [1.82, 2.24) is 24.9 Å². The molecule has 29 heavy (non-hydrogen) atoms. The van der Waals surface area contributed by atoms with Gasteiger partial charge in [0.2, 0.25) is 0 Å². The SMILES string of the molecule is CCCn1nccc1C(=O)N1CCc2[nH]nc(-c3cccc4ccccc34)c2C1. The lowest BCUT2D eigenvalue weighted by Crippen LogP contribution is -2.37. The van der Waals surface area contributed by atoms with E-state index in [-0.39, 0.29) is 5.91 Å². The molecule has 4 aromatic rings. The van der Waals surface area contributed by atoms with Gasteiger partial charge < -0.3 is 4.90 Å². The Morgan fingerprint density at radius 1 is 1.14 bits per heavy atom. The van der Waals surface area contributed by atoms with Gasteiger partial charge >= 0.3 is 0 Å². The topological polar surface area (TPSA) is 66.8 Å². The van der Waals surface area contributed by atoms with Gasteiger partial charge in [-0.3, -0.25) is 14.6 Å². The van der Waals surface area contributed by atoms with Crippen molar-refractivity contribution in [1.29, 1.82) is 0 Å². The van der Waals surface area contributed by atoms with Crippen LogP contribution in [0.1, 0.15) is 35.1 Å². The molecule has 0 spiro atoms. The second-order valence-electron chi connectivity index (χ2n) is 7.47. The quantitative estimate of drug-likeness (QED) is 0.577. The second kappa shape index (κ2) is 7.20. The monoisotopic (exact) mass is 385 g/mol. The number of amides is 1. The van der Waals surface area contributed by atoms with E-state index in [0.29, 0.717) is 18.8 Å². The van der Waals surface area contributed by atoms with Crippen molar-refractivity contribution in [3.63, 3.8) is 0 Å². The van der Waals surface area contributed by atoms with Crippen molar-refractivity contribution in [2.75, 3.05) is 6.54 Å². The number of nitrogens with one attached hydrogen (secondary N) is 1. The number of carbonyl (C=O) groups is 1. The highest BCUT2D eigenvalue weighted by Crippen LogP contribution is 2.33. The molecular formula is C23H23N5O. The number of hydrogen-bond donors (Lipinski definition) is 1. The first kappa shape index (κ1) is 17.7. The Morgan fingerprint density at radius 3 is 2.90 bits per heavy atom. The average molecular weight is 385 g/mol. The number of aromatic amines is 1. The number of rotatable bonds is 4. The molecule has 6 heteroatoms. The third-order valence-corrected chi connectivity index (χ3v) is 5.64. The lowest BCUT2D eigenvalue weighted by Gasteiger charge is -2.27. The Kier molecular flexibility index (Phi) is 4.39. The molecule has 3 heterocycles. The fourth-order valence-electron chi connectivity index (χ4n) is 4.19. The van der Waals surface area contributed by atoms with Crippen molar-refractivity contribution < 1.29 is 4.79 Å². The summed E-state index contributed by atoms with van der Waals surface area (Å²) in [6, 6.07) is 16.4. The van der Waals surface area contributed by atoms with Crippen molar-refractivity contribution in [3.05, 3.63) is 71.7 Å². The number of nitrogens with zero attached hydrogens (tertiary/aromatic N) is 4. The largest absolute Gasteiger partial charge is 0.332 e. The van der Waals surface area contributed by atoms with Gasteiger partial charge in [0.15, 0.2) is 0 Å². The van der Waals surface area contributed by atoms with Crippen LogP contribution in [-0.2, 0) is 19.5 Å². The molecule has 0 unspecified atom stereocenters. The van der Waals surface area contributed by atoms with E-state index >= 15 is 0 Å². The fourth-order valence-corrected chi connectivity index (χ4v) is 4.19. The highest BCUT2D eigenvalue weighted by Gasteiger charge is 2.28. The molecule has 5 rings (SSSR count). The number of hydrogen-bond acceptors (Lipinski definition) is 3. The summed E-state index contributed by atoms with van der Waals surface area (Å²) in [5.74, 6) is 0.0340. The van der Waals surface area contributed by atoms with Crippen LogP contribution in [0.25, 0.3) is 22.0 Å². The number of benzene rings is 2. The van der Waals surface area contributed by atoms with E-state index in [2.05, 4.69) is 58.6 Å². The van der Waals surface area contributed by atoms with Crippen LogP contribution in [0.3, 0.4) is 0 Å². The first-order chi connectivity index (χ1) is 14.3. The lowest BCUT2D eigenvalue weighted by atomic mass is 9.96. The molecule has 0 atom stereocenters. The molecule has 0 saturated carbocycles. The summed E-state index contributed by atoms with van der Waals surface area (Å²) >= 11 is 0. The maximum atomic E-state index is 13.2. The predicted octanol–water partition coefficient (Wildman–Crippen LogP) is 4.03. The molecule has 1 aliphatic rings. The number of fused-ring (bicyclic) bond motifs is 2. The minimum absolute atomic E-state index is 0.0340. The van der Waals surface area contributed by atoms with Crippen LogP contribution in [0.15, 0.2) is 54.7 Å². The van der Waals surface area contributed by atoms with Crippen LogP contribution in [0.4, 0.5) is 0 Å². The smallest absolute Gasteiger partial charge is 0.272 e. The van der Waals surface area contributed by atoms with Gasteiger partial charge in [-0.1, -0.05) is 49.4 Å². The van der Waals surface area contributed by atoms with E-state index in [4.69, 9.17) is 0 Å². The lowest BCUT2D eigenvalue weighted by molar-refractivity contribution is 0.0721. The number of aromatic nitrogens is 4. The highest BCUT2D eigenvalue weighted by molar-refractivity contribution is 5.97. The Balaban J connectivity index is 1.50. The van der Waals surface area contributed by atoms with Crippen LogP contribution in [0, 0.1) is 0 Å². The van der Waals surface area contributed by atoms with E-state index in [1.807, 2.05) is 17.0 Å². The maximum Gasteiger partial charge on any atom is 0.272 e. The first-order valence-electron chi connectivity index (χ1n) is 10.1. The third kappa shape index (κ3) is 3.01. The second-order valence-corrected chi connectivity index (χ2v) is 7.47. The molecule has 1 aliphatic heterocycles. The molecule has 0 radical (unpaired) electrons. The van der Waals surface area contributed by atoms with Crippen LogP contribution in [0.5, 0.6) is 0 Å². The van der Waals surface area contributed by atoms with Gasteiger partial charge in [0.25, 0.3) is 5.91 Å². The predicted molar refractivity (Wildman–Crippen MR) is 112 cm³/mol. The van der Waals surface area contributed by atoms with E-state index in [9.17, 15) is 4.79 Å². The van der Waals surface area contributed by atoms with E-state index in [1.165, 1.54) is 10.8 Å². The van der Waals surface area contributed by atoms with Crippen LogP contribution in [-0.4, -0.2) is 37.3 Å². The third-order valence-electron chi connectivity index (χ3n) is 5.64. The minimum Gasteiger partial charge on any atom is -0.332 e. The normalized spacial score (nSPS) is 13.6. The Labute approximate surface area is 169 Å². The Hall–Kier alpha value is -3.41. The summed E-state index contributed by atoms with van der Waals surface area (Å²) in [5, 5.41) is 14.5. The van der Waals surface area contributed by atoms with Crippen molar-refractivity contribution in [3.8, 4) is 11.3 Å². The molecule has 2 aromatic carbocycles. The minimum atomic E-state index is 0.0340. The molecule has 0 saturated heterocycles. The zero-order chi connectivity index (χ0) is 19.8. The highest BCUT2D eigenvalue weighted by atomic mass is 16.2. The van der Waals surface area contributed by atoms with E-state index in [1.54, 1.807) is 10.9 Å². The Bertz CT molecular complexity index is 1180. The van der Waals surface area contributed by atoms with Gasteiger partial charge in [0.05, 0.1) is 12.2 Å². The maximum absolute atomic E-state index is 13.2. The molecule has 1 amide bonds. The van der Waals surface area contributed by atoms with Gasteiger partial charge in [-0.15, -0.1) is 0 Å². The number of carbonyl (C=O) groups excluding carboxylic acids is 1. The van der Waals surface area contributed by atoms with E-state index in [0.717, 1.165) is 41.9 Å². The van der Waals surface area contributed by atoms with Gasteiger partial charge in [-0.25, -0.2) is 0 Å². The first-order valence-corrected chi connectivity index (χ1v) is 10.1. The number of H-pyrrole nitrogens is 1. The van der Waals surface area contributed by atoms with Crippen LogP contribution in [0.2, 0.25) is 0 Å².